The van der Waals surface area contributed by atoms with Crippen molar-refractivity contribution in [2.24, 2.45) is 0 Å². The lowest BCUT2D eigenvalue weighted by Gasteiger charge is -2.09. The van der Waals surface area contributed by atoms with Crippen molar-refractivity contribution in [2.45, 2.75) is 18.2 Å². The molecular weight excluding hydrogens is 349 g/mol. The van der Waals surface area contributed by atoms with Gasteiger partial charge in [-0.1, -0.05) is 12.1 Å². The molecule has 0 atom stereocenters. The van der Waals surface area contributed by atoms with E-state index in [9.17, 15) is 17.6 Å². The molecule has 25 heavy (non-hydrogen) atoms. The van der Waals surface area contributed by atoms with Gasteiger partial charge in [0.1, 0.15) is 16.5 Å². The van der Waals surface area contributed by atoms with Crippen molar-refractivity contribution in [3.8, 4) is 5.75 Å². The number of nitrogens with one attached hydrogen (secondary N) is 1. The first kappa shape index (κ1) is 18.9. The molecule has 2 aromatic rings. The number of aromatic carboxylic acids is 1. The zero-order valence-electron chi connectivity index (χ0n) is 13.5. The van der Waals surface area contributed by atoms with Crippen LogP contribution >= 0.6 is 0 Å². The van der Waals surface area contributed by atoms with Gasteiger partial charge in [0, 0.05) is 6.54 Å². The molecule has 0 saturated carbocycles. The number of rotatable bonds is 8. The van der Waals surface area contributed by atoms with Crippen LogP contribution in [-0.4, -0.2) is 32.6 Å². The number of halogens is 1. The molecule has 0 bridgehead atoms. The van der Waals surface area contributed by atoms with Crippen LogP contribution in [0.15, 0.2) is 47.4 Å². The summed E-state index contributed by atoms with van der Waals surface area (Å²) in [6.45, 7) is 2.42. The number of ether oxygens (including phenoxy) is 1. The lowest BCUT2D eigenvalue weighted by molar-refractivity contribution is 0.0696. The van der Waals surface area contributed by atoms with E-state index in [1.54, 1.807) is 18.2 Å². The molecule has 0 spiro atoms. The minimum Gasteiger partial charge on any atom is -0.494 e. The Morgan fingerprint density at radius 3 is 2.68 bits per heavy atom. The average molecular weight is 367 g/mol. The summed E-state index contributed by atoms with van der Waals surface area (Å²) in [7, 11) is -4.16. The van der Waals surface area contributed by atoms with E-state index in [0.717, 1.165) is 23.8 Å². The highest BCUT2D eigenvalue weighted by atomic mass is 32.2. The van der Waals surface area contributed by atoms with Gasteiger partial charge < -0.3 is 9.84 Å². The lowest BCUT2D eigenvalue weighted by atomic mass is 10.1. The number of carbonyl (C=O) groups is 1. The minimum absolute atomic E-state index is 0.0364. The Morgan fingerprint density at radius 2 is 2.00 bits per heavy atom. The second-order valence-corrected chi connectivity index (χ2v) is 6.91. The monoisotopic (exact) mass is 367 g/mol. The van der Waals surface area contributed by atoms with Crippen LogP contribution in [0.3, 0.4) is 0 Å². The van der Waals surface area contributed by atoms with Crippen molar-refractivity contribution >= 4 is 16.0 Å². The largest absolute Gasteiger partial charge is 0.494 e. The molecule has 0 aromatic heterocycles. The van der Waals surface area contributed by atoms with Crippen molar-refractivity contribution in [2.75, 3.05) is 13.2 Å². The number of benzene rings is 2. The van der Waals surface area contributed by atoms with Gasteiger partial charge in [0.2, 0.25) is 10.0 Å². The summed E-state index contributed by atoms with van der Waals surface area (Å²) in [6.07, 6.45) is 0.375. The third kappa shape index (κ3) is 5.01. The van der Waals surface area contributed by atoms with Gasteiger partial charge >= 0.3 is 5.97 Å². The van der Waals surface area contributed by atoms with Crippen LogP contribution in [0, 0.1) is 5.82 Å². The molecule has 0 amide bonds. The summed E-state index contributed by atoms with van der Waals surface area (Å²) in [4.78, 5) is 10.2. The maximum atomic E-state index is 13.8. The standard InChI is InChI=1S/C17H18FNO5S/c1-2-24-14-5-3-4-12(10-14)8-9-19-25(22,23)16-11-13(17(20)21)6-7-15(16)18/h3-7,10-11,19H,2,8-9H2,1H3,(H,20,21). The van der Waals surface area contributed by atoms with Crippen LogP contribution in [0.25, 0.3) is 0 Å². The highest BCUT2D eigenvalue weighted by molar-refractivity contribution is 7.89. The molecule has 8 heteroatoms. The van der Waals surface area contributed by atoms with Crippen molar-refractivity contribution in [1.82, 2.24) is 4.72 Å². The van der Waals surface area contributed by atoms with Gasteiger partial charge in [-0.3, -0.25) is 0 Å². The van der Waals surface area contributed by atoms with Gasteiger partial charge in [-0.05, 0) is 49.2 Å². The fraction of sp³-hybridized carbons (Fsp3) is 0.235. The summed E-state index contributed by atoms with van der Waals surface area (Å²) in [5.41, 5.74) is 0.555. The average Bonchev–Trinajstić information content (AvgIpc) is 2.55. The fourth-order valence-electron chi connectivity index (χ4n) is 2.21. The van der Waals surface area contributed by atoms with Gasteiger partial charge in [0.15, 0.2) is 0 Å². The smallest absolute Gasteiger partial charge is 0.335 e. The molecule has 0 unspecified atom stereocenters. The number of hydrogen-bond acceptors (Lipinski definition) is 4. The van der Waals surface area contributed by atoms with Gasteiger partial charge in [0.05, 0.1) is 12.2 Å². The molecular formula is C17H18FNO5S. The molecule has 0 heterocycles. The first-order valence-corrected chi connectivity index (χ1v) is 9.06. The molecule has 0 aliphatic rings. The van der Waals surface area contributed by atoms with E-state index in [2.05, 4.69) is 4.72 Å². The van der Waals surface area contributed by atoms with Crippen LogP contribution in [0.4, 0.5) is 4.39 Å². The summed E-state index contributed by atoms with van der Waals surface area (Å²) in [6, 6.07) is 9.84. The van der Waals surface area contributed by atoms with E-state index in [1.165, 1.54) is 0 Å². The van der Waals surface area contributed by atoms with Crippen LogP contribution in [-0.2, 0) is 16.4 Å². The Labute approximate surface area is 145 Å². The Balaban J connectivity index is 2.08. The summed E-state index contributed by atoms with van der Waals surface area (Å²) in [5.74, 6) is -1.65. The number of hydrogen-bond donors (Lipinski definition) is 2. The maximum Gasteiger partial charge on any atom is 0.335 e. The molecule has 2 N–H and O–H groups in total. The quantitative estimate of drug-likeness (QED) is 0.748. The Morgan fingerprint density at radius 1 is 1.24 bits per heavy atom. The van der Waals surface area contributed by atoms with E-state index in [0.29, 0.717) is 18.8 Å². The Kier molecular flexibility index (Phi) is 6.11. The zero-order chi connectivity index (χ0) is 18.4. The van der Waals surface area contributed by atoms with Gasteiger partial charge in [-0.2, -0.15) is 0 Å². The van der Waals surface area contributed by atoms with Gasteiger partial charge in [0.25, 0.3) is 0 Å². The maximum absolute atomic E-state index is 13.8. The molecule has 2 aromatic carbocycles. The van der Waals surface area contributed by atoms with E-state index >= 15 is 0 Å². The second kappa shape index (κ2) is 8.09. The first-order valence-electron chi connectivity index (χ1n) is 7.57. The highest BCUT2D eigenvalue weighted by Crippen LogP contribution is 2.17. The third-order valence-corrected chi connectivity index (χ3v) is 4.86. The predicted octanol–water partition coefficient (Wildman–Crippen LogP) is 2.44. The molecule has 0 radical (unpaired) electrons. The van der Waals surface area contributed by atoms with Crippen LogP contribution in [0.5, 0.6) is 5.75 Å². The van der Waals surface area contributed by atoms with Crippen molar-refractivity contribution in [1.29, 1.82) is 0 Å². The first-order chi connectivity index (χ1) is 11.8. The molecule has 0 saturated heterocycles. The van der Waals surface area contributed by atoms with Crippen LogP contribution in [0.2, 0.25) is 0 Å². The predicted molar refractivity (Wildman–Crippen MR) is 89.9 cm³/mol. The Hall–Kier alpha value is -2.45. The molecule has 0 aliphatic heterocycles. The van der Waals surface area contributed by atoms with E-state index in [1.807, 2.05) is 13.0 Å². The van der Waals surface area contributed by atoms with Crippen molar-refractivity contribution in [3.05, 3.63) is 59.4 Å². The number of sulfonamides is 1. The molecule has 0 fully saturated rings. The SMILES string of the molecule is CCOc1cccc(CCNS(=O)(=O)c2cc(C(=O)O)ccc2F)c1. The van der Waals surface area contributed by atoms with E-state index in [-0.39, 0.29) is 12.1 Å². The topological polar surface area (TPSA) is 92.7 Å². The van der Waals surface area contributed by atoms with Crippen molar-refractivity contribution in [3.63, 3.8) is 0 Å². The van der Waals surface area contributed by atoms with Crippen molar-refractivity contribution < 1.29 is 27.4 Å². The summed E-state index contributed by atoms with van der Waals surface area (Å²) < 4.78 is 45.9. The molecule has 0 aliphatic carbocycles. The van der Waals surface area contributed by atoms with Gasteiger partial charge in [-0.15, -0.1) is 0 Å². The molecule has 134 valence electrons. The number of carboxylic acid groups (broad SMARTS) is 1. The second-order valence-electron chi connectivity index (χ2n) is 5.18. The minimum atomic E-state index is -4.16. The summed E-state index contributed by atoms with van der Waals surface area (Å²) in [5, 5.41) is 8.91. The highest BCUT2D eigenvalue weighted by Gasteiger charge is 2.20. The summed E-state index contributed by atoms with van der Waals surface area (Å²) >= 11 is 0. The fourth-order valence-corrected chi connectivity index (χ4v) is 3.34. The van der Waals surface area contributed by atoms with E-state index in [4.69, 9.17) is 9.84 Å². The van der Waals surface area contributed by atoms with E-state index < -0.39 is 26.7 Å². The normalized spacial score (nSPS) is 11.3. The lowest BCUT2D eigenvalue weighted by Crippen LogP contribution is -2.27. The zero-order valence-corrected chi connectivity index (χ0v) is 14.3. The molecule has 6 nitrogen and oxygen atoms in total. The third-order valence-electron chi connectivity index (χ3n) is 3.38. The van der Waals surface area contributed by atoms with Crippen LogP contribution < -0.4 is 9.46 Å². The molecule has 2 rings (SSSR count). The number of carboxylic acids is 1. The van der Waals surface area contributed by atoms with Gasteiger partial charge in [-0.25, -0.2) is 22.3 Å². The Bertz CT molecular complexity index is 867. The van der Waals surface area contributed by atoms with Crippen LogP contribution in [0.1, 0.15) is 22.8 Å².